The zero-order valence-corrected chi connectivity index (χ0v) is 10.2. The van der Waals surface area contributed by atoms with E-state index in [9.17, 15) is 13.2 Å². The van der Waals surface area contributed by atoms with Crippen molar-refractivity contribution in [2.45, 2.75) is 25.4 Å². The molecule has 0 aromatic carbocycles. The highest BCUT2D eigenvalue weighted by Gasteiger charge is 2.35. The van der Waals surface area contributed by atoms with Crippen LogP contribution in [-0.4, -0.2) is 28.1 Å². The molecule has 0 radical (unpaired) electrons. The van der Waals surface area contributed by atoms with Gasteiger partial charge < -0.3 is 10.9 Å². The van der Waals surface area contributed by atoms with Crippen molar-refractivity contribution < 1.29 is 13.2 Å². The minimum absolute atomic E-state index is 0.0807. The lowest BCUT2D eigenvalue weighted by molar-refractivity contribution is -0.144. The highest BCUT2D eigenvalue weighted by Crippen LogP contribution is 2.28. The first-order valence-electron chi connectivity index (χ1n) is 5.93. The fraction of sp³-hybridized carbons (Fsp3) is 0.600. The molecule has 1 saturated heterocycles. The van der Waals surface area contributed by atoms with Crippen LogP contribution in [0.3, 0.4) is 0 Å². The predicted molar refractivity (Wildman–Crippen MR) is 63.9 cm³/mol. The van der Waals surface area contributed by atoms with Gasteiger partial charge in [-0.3, -0.25) is 0 Å². The number of nitrogens with two attached hydrogens (primary N) is 1. The number of alkyl halides is 3. The molecule has 2 heterocycles. The summed E-state index contributed by atoms with van der Waals surface area (Å²) in [5.74, 6) is 3.89. The molecule has 6 nitrogen and oxygen atoms in total. The van der Waals surface area contributed by atoms with Crippen molar-refractivity contribution in [2.24, 2.45) is 5.84 Å². The summed E-state index contributed by atoms with van der Waals surface area (Å²) in [6, 6.07) is 1.34. The number of hydrogen-bond donors (Lipinski definition) is 3. The van der Waals surface area contributed by atoms with Gasteiger partial charge in [0.2, 0.25) is 5.82 Å². The number of aromatic nitrogens is 2. The van der Waals surface area contributed by atoms with Crippen molar-refractivity contribution in [1.29, 1.82) is 0 Å². The van der Waals surface area contributed by atoms with Crippen LogP contribution in [0.5, 0.6) is 0 Å². The first kappa shape index (κ1) is 13.8. The van der Waals surface area contributed by atoms with Crippen molar-refractivity contribution in [2.75, 3.05) is 23.9 Å². The molecule has 0 amide bonds. The number of nitrogens with zero attached hydrogens (tertiary/aromatic N) is 3. The average Bonchev–Trinajstić information content (AvgIpc) is 2.38. The molecule has 1 aliphatic rings. The highest BCUT2D eigenvalue weighted by atomic mass is 19.4. The Kier molecular flexibility index (Phi) is 4.05. The summed E-state index contributed by atoms with van der Waals surface area (Å²) < 4.78 is 37.9. The summed E-state index contributed by atoms with van der Waals surface area (Å²) >= 11 is 0. The fourth-order valence-electron chi connectivity index (χ4n) is 1.87. The lowest BCUT2D eigenvalue weighted by Crippen LogP contribution is -2.35. The molecule has 0 unspecified atom stereocenters. The lowest BCUT2D eigenvalue weighted by atomic mass is 10.2. The minimum Gasteiger partial charge on any atom is -0.308 e. The smallest absolute Gasteiger partial charge is 0.308 e. The third-order valence-corrected chi connectivity index (χ3v) is 2.76. The molecular weight excluding hydrogens is 261 g/mol. The Morgan fingerprint density at radius 2 is 1.74 bits per heavy atom. The fourth-order valence-corrected chi connectivity index (χ4v) is 1.87. The number of nitrogens with one attached hydrogen (secondary N) is 2. The molecule has 0 spiro atoms. The molecule has 4 N–H and O–H groups in total. The number of halogens is 3. The monoisotopic (exact) mass is 276 g/mol. The van der Waals surface area contributed by atoms with Gasteiger partial charge in [0, 0.05) is 19.2 Å². The van der Waals surface area contributed by atoms with Gasteiger partial charge >= 0.3 is 6.18 Å². The molecule has 0 atom stereocenters. The van der Waals surface area contributed by atoms with E-state index in [1.807, 2.05) is 5.01 Å². The van der Waals surface area contributed by atoms with Crippen molar-refractivity contribution in [1.82, 2.24) is 15.0 Å². The summed E-state index contributed by atoms with van der Waals surface area (Å²) in [4.78, 5) is 6.75. The van der Waals surface area contributed by atoms with E-state index in [-0.39, 0.29) is 11.6 Å². The third-order valence-electron chi connectivity index (χ3n) is 2.76. The number of nitrogen functional groups attached to an aromatic ring is 1. The molecule has 106 valence electrons. The Labute approximate surface area is 108 Å². The second-order valence-corrected chi connectivity index (χ2v) is 4.26. The van der Waals surface area contributed by atoms with E-state index in [0.29, 0.717) is 0 Å². The topological polar surface area (TPSA) is 79.1 Å². The Bertz CT molecular complexity index is 430. The van der Waals surface area contributed by atoms with Crippen molar-refractivity contribution >= 4 is 11.6 Å². The van der Waals surface area contributed by atoms with Crippen LogP contribution in [0, 0.1) is 0 Å². The van der Waals surface area contributed by atoms with Gasteiger partial charge in [-0.15, -0.1) is 0 Å². The maximum Gasteiger partial charge on any atom is 0.451 e. The van der Waals surface area contributed by atoms with Gasteiger partial charge in [-0.25, -0.2) is 20.8 Å². The van der Waals surface area contributed by atoms with Crippen LogP contribution in [-0.2, 0) is 6.18 Å². The van der Waals surface area contributed by atoms with E-state index in [4.69, 9.17) is 5.84 Å². The maximum absolute atomic E-state index is 12.6. The summed E-state index contributed by atoms with van der Waals surface area (Å²) in [7, 11) is 0. The van der Waals surface area contributed by atoms with Gasteiger partial charge in [0.1, 0.15) is 11.6 Å². The van der Waals surface area contributed by atoms with Crippen LogP contribution in [0.15, 0.2) is 6.07 Å². The van der Waals surface area contributed by atoms with Crippen LogP contribution >= 0.6 is 0 Å². The molecule has 1 aromatic heterocycles. The third kappa shape index (κ3) is 3.67. The van der Waals surface area contributed by atoms with Gasteiger partial charge in [0.15, 0.2) is 0 Å². The average molecular weight is 276 g/mol. The first-order valence-corrected chi connectivity index (χ1v) is 5.93. The van der Waals surface area contributed by atoms with Gasteiger partial charge in [0.05, 0.1) is 0 Å². The first-order chi connectivity index (χ1) is 8.99. The standard InChI is InChI=1S/C10H15F3N6/c11-10(12,13)9-15-7(17-14)6-8(16-9)18-19-4-2-1-3-5-19/h6H,1-5,14H2,(H2,15,16,17,18). The summed E-state index contributed by atoms with van der Waals surface area (Å²) in [5, 5.41) is 1.84. The summed E-state index contributed by atoms with van der Waals surface area (Å²) in [5.41, 5.74) is 4.96. The molecule has 2 rings (SSSR count). The second kappa shape index (κ2) is 5.57. The highest BCUT2D eigenvalue weighted by molar-refractivity contribution is 5.46. The largest absolute Gasteiger partial charge is 0.451 e. The molecule has 0 saturated carbocycles. The van der Waals surface area contributed by atoms with Gasteiger partial charge in [0.25, 0.3) is 0 Å². The second-order valence-electron chi connectivity index (χ2n) is 4.26. The van der Waals surface area contributed by atoms with Crippen molar-refractivity contribution in [3.05, 3.63) is 11.9 Å². The van der Waals surface area contributed by atoms with E-state index in [1.165, 1.54) is 6.07 Å². The number of anilines is 2. The molecule has 1 aromatic rings. The number of rotatable bonds is 3. The van der Waals surface area contributed by atoms with E-state index in [1.54, 1.807) is 0 Å². The normalized spacial score (nSPS) is 17.3. The molecule has 0 aliphatic carbocycles. The van der Waals surface area contributed by atoms with Crippen LogP contribution in [0.2, 0.25) is 0 Å². The number of piperidine rings is 1. The van der Waals surface area contributed by atoms with Gasteiger partial charge in [-0.1, -0.05) is 6.42 Å². The van der Waals surface area contributed by atoms with E-state index in [0.717, 1.165) is 32.4 Å². The van der Waals surface area contributed by atoms with E-state index in [2.05, 4.69) is 20.8 Å². The van der Waals surface area contributed by atoms with Gasteiger partial charge in [-0.2, -0.15) is 13.2 Å². The molecular formula is C10H15F3N6. The van der Waals surface area contributed by atoms with Crippen LogP contribution in [0.1, 0.15) is 25.1 Å². The summed E-state index contributed by atoms with van der Waals surface area (Å²) in [6.07, 6.45) is -1.46. The Morgan fingerprint density at radius 1 is 1.11 bits per heavy atom. The SMILES string of the molecule is NNc1cc(NN2CCCCC2)nc(C(F)(F)F)n1. The predicted octanol–water partition coefficient (Wildman–Crippen LogP) is 1.59. The zero-order chi connectivity index (χ0) is 13.9. The van der Waals surface area contributed by atoms with Gasteiger partial charge in [-0.05, 0) is 12.8 Å². The molecule has 19 heavy (non-hydrogen) atoms. The lowest BCUT2D eigenvalue weighted by Gasteiger charge is -2.27. The van der Waals surface area contributed by atoms with Crippen LogP contribution in [0.4, 0.5) is 24.8 Å². The zero-order valence-electron chi connectivity index (χ0n) is 10.2. The van der Waals surface area contributed by atoms with Crippen molar-refractivity contribution in [3.63, 3.8) is 0 Å². The number of hydrogen-bond acceptors (Lipinski definition) is 6. The Morgan fingerprint density at radius 3 is 2.32 bits per heavy atom. The van der Waals surface area contributed by atoms with E-state index < -0.39 is 12.0 Å². The van der Waals surface area contributed by atoms with Crippen LogP contribution < -0.4 is 16.7 Å². The maximum atomic E-state index is 12.6. The number of hydrazine groups is 2. The van der Waals surface area contributed by atoms with E-state index >= 15 is 0 Å². The molecule has 9 heteroatoms. The van der Waals surface area contributed by atoms with Crippen molar-refractivity contribution in [3.8, 4) is 0 Å². The summed E-state index contributed by atoms with van der Waals surface area (Å²) in [6.45, 7) is 1.55. The molecule has 1 fully saturated rings. The minimum atomic E-state index is -4.61. The molecule has 1 aliphatic heterocycles. The Hall–Kier alpha value is -1.61. The molecule has 0 bridgehead atoms. The van der Waals surface area contributed by atoms with Crippen LogP contribution in [0.25, 0.3) is 0 Å². The Balaban J connectivity index is 2.19. The quantitative estimate of drug-likeness (QED) is 0.575.